The molecule has 1 aliphatic heterocycles. The Morgan fingerprint density at radius 2 is 2.04 bits per heavy atom. The lowest BCUT2D eigenvalue weighted by molar-refractivity contribution is 0.486. The summed E-state index contributed by atoms with van der Waals surface area (Å²) in [5.41, 5.74) is 3.70. The second-order valence-electron chi connectivity index (χ2n) is 6.86. The average Bonchev–Trinajstić information content (AvgIpc) is 3.42. The molecule has 4 rings (SSSR count). The van der Waals surface area contributed by atoms with Crippen molar-refractivity contribution in [2.75, 3.05) is 20.1 Å². The van der Waals surface area contributed by atoms with E-state index in [1.54, 1.807) is 6.20 Å². The third-order valence-electron chi connectivity index (χ3n) is 5.10. The molecule has 138 valence electrons. The fourth-order valence-electron chi connectivity index (χ4n) is 3.69. The molecule has 2 heterocycles. The first-order chi connectivity index (χ1) is 13.3. The van der Waals surface area contributed by atoms with Crippen LogP contribution in [0.15, 0.2) is 78.0 Å². The number of aliphatic imine (C=N–C) groups is 1. The minimum atomic E-state index is 0.577. The van der Waals surface area contributed by atoms with Crippen molar-refractivity contribution in [1.29, 1.82) is 0 Å². The number of benzene rings is 2. The zero-order chi connectivity index (χ0) is 18.5. The van der Waals surface area contributed by atoms with Gasteiger partial charge in [-0.3, -0.25) is 4.99 Å². The molecule has 0 radical (unpaired) electrons. The van der Waals surface area contributed by atoms with Gasteiger partial charge >= 0.3 is 0 Å². The first-order valence-corrected chi connectivity index (χ1v) is 9.43. The maximum Gasteiger partial charge on any atom is 0.193 e. The Kier molecular flexibility index (Phi) is 5.19. The lowest BCUT2D eigenvalue weighted by Crippen LogP contribution is -2.39. The topological polar surface area (TPSA) is 45.5 Å². The monoisotopic (exact) mass is 359 g/mol. The highest BCUT2D eigenvalue weighted by Gasteiger charge is 2.25. The van der Waals surface area contributed by atoms with Crippen LogP contribution in [0.3, 0.4) is 0 Å². The molecule has 1 aromatic heterocycles. The molecule has 27 heavy (non-hydrogen) atoms. The summed E-state index contributed by atoms with van der Waals surface area (Å²) in [6.07, 6.45) is 4.92. The van der Waals surface area contributed by atoms with E-state index in [9.17, 15) is 0 Å². The van der Waals surface area contributed by atoms with Crippen molar-refractivity contribution in [1.82, 2.24) is 20.0 Å². The maximum atomic E-state index is 4.50. The van der Waals surface area contributed by atoms with Crippen LogP contribution in [-0.4, -0.2) is 40.8 Å². The molecule has 1 N–H and O–H groups in total. The van der Waals surface area contributed by atoms with Crippen molar-refractivity contribution < 1.29 is 0 Å². The Balaban J connectivity index is 1.38. The van der Waals surface area contributed by atoms with E-state index in [0.29, 0.717) is 5.92 Å². The smallest absolute Gasteiger partial charge is 0.193 e. The summed E-state index contributed by atoms with van der Waals surface area (Å²) in [6.45, 7) is 2.79. The molecule has 5 heteroatoms. The molecule has 3 aromatic rings. The molecule has 1 fully saturated rings. The molecule has 0 saturated carbocycles. The highest BCUT2D eigenvalue weighted by molar-refractivity contribution is 5.80. The van der Waals surface area contributed by atoms with E-state index in [1.807, 2.05) is 24.0 Å². The Morgan fingerprint density at radius 3 is 2.81 bits per heavy atom. The summed E-state index contributed by atoms with van der Waals surface area (Å²) < 4.78 is 1.88. The zero-order valence-corrected chi connectivity index (χ0v) is 15.6. The molecule has 0 amide bonds. The highest BCUT2D eigenvalue weighted by Crippen LogP contribution is 2.26. The number of nitrogens with zero attached hydrogens (tertiary/aromatic N) is 4. The Morgan fingerprint density at radius 1 is 1.15 bits per heavy atom. The molecule has 1 aliphatic rings. The number of hydrogen-bond acceptors (Lipinski definition) is 2. The number of aromatic nitrogens is 2. The molecule has 1 atom stereocenters. The van der Waals surface area contributed by atoms with Crippen LogP contribution in [0, 0.1) is 0 Å². The van der Waals surface area contributed by atoms with E-state index >= 15 is 0 Å². The number of hydrogen-bond donors (Lipinski definition) is 1. The van der Waals surface area contributed by atoms with E-state index in [4.69, 9.17) is 0 Å². The van der Waals surface area contributed by atoms with Crippen LogP contribution in [-0.2, 0) is 6.54 Å². The molecular formula is C22H25N5. The average molecular weight is 359 g/mol. The molecule has 2 aromatic carbocycles. The maximum absolute atomic E-state index is 4.50. The van der Waals surface area contributed by atoms with Gasteiger partial charge in [0.1, 0.15) is 0 Å². The normalized spacial score (nSPS) is 17.3. The Hall–Kier alpha value is -3.08. The molecule has 1 saturated heterocycles. The second-order valence-corrected chi connectivity index (χ2v) is 6.86. The fourth-order valence-corrected chi connectivity index (χ4v) is 3.69. The van der Waals surface area contributed by atoms with Crippen LogP contribution in [0.25, 0.3) is 5.69 Å². The van der Waals surface area contributed by atoms with Gasteiger partial charge in [0.05, 0.1) is 5.69 Å². The van der Waals surface area contributed by atoms with E-state index in [-0.39, 0.29) is 0 Å². The third-order valence-corrected chi connectivity index (χ3v) is 5.10. The number of guanidine groups is 1. The molecule has 5 nitrogen and oxygen atoms in total. The largest absolute Gasteiger partial charge is 0.352 e. The van der Waals surface area contributed by atoms with Gasteiger partial charge in [-0.05, 0) is 35.7 Å². The van der Waals surface area contributed by atoms with E-state index in [2.05, 4.69) is 74.9 Å². The lowest BCUT2D eigenvalue weighted by atomic mass is 9.99. The molecular weight excluding hydrogens is 334 g/mol. The predicted molar refractivity (Wildman–Crippen MR) is 109 cm³/mol. The molecule has 0 spiro atoms. The van der Waals surface area contributed by atoms with Crippen LogP contribution in [0.4, 0.5) is 0 Å². The zero-order valence-electron chi connectivity index (χ0n) is 15.6. The van der Waals surface area contributed by atoms with E-state index in [1.165, 1.54) is 17.5 Å². The molecule has 0 aliphatic carbocycles. The highest BCUT2D eigenvalue weighted by atomic mass is 15.3. The van der Waals surface area contributed by atoms with Crippen LogP contribution in [0.2, 0.25) is 0 Å². The number of likely N-dealkylation sites (tertiary alicyclic amines) is 1. The predicted octanol–water partition coefficient (Wildman–Crippen LogP) is 3.44. The van der Waals surface area contributed by atoms with Crippen molar-refractivity contribution >= 4 is 5.96 Å². The van der Waals surface area contributed by atoms with Gasteiger partial charge in [0.25, 0.3) is 0 Å². The SMILES string of the molecule is CN=C(NCc1cccc(-n2cccn2)c1)N1CCC(c2ccccc2)C1. The van der Waals surface area contributed by atoms with E-state index < -0.39 is 0 Å². The van der Waals surface area contributed by atoms with E-state index in [0.717, 1.165) is 31.3 Å². The first kappa shape index (κ1) is 17.3. The Labute approximate surface area is 160 Å². The van der Waals surface area contributed by atoms with Crippen LogP contribution in [0.5, 0.6) is 0 Å². The quantitative estimate of drug-likeness (QED) is 0.573. The van der Waals surface area contributed by atoms with Crippen molar-refractivity contribution in [3.8, 4) is 5.69 Å². The van der Waals surface area contributed by atoms with Crippen LogP contribution < -0.4 is 5.32 Å². The summed E-state index contributed by atoms with van der Waals surface area (Å²) in [7, 11) is 1.86. The van der Waals surface area contributed by atoms with Gasteiger partial charge in [-0.1, -0.05) is 42.5 Å². The number of nitrogens with one attached hydrogen (secondary N) is 1. The first-order valence-electron chi connectivity index (χ1n) is 9.43. The lowest BCUT2D eigenvalue weighted by Gasteiger charge is -2.22. The summed E-state index contributed by atoms with van der Waals surface area (Å²) in [4.78, 5) is 6.86. The summed E-state index contributed by atoms with van der Waals surface area (Å²) in [6, 6.07) is 21.1. The van der Waals surface area contributed by atoms with Crippen LogP contribution >= 0.6 is 0 Å². The van der Waals surface area contributed by atoms with Gasteiger partial charge in [-0.25, -0.2) is 4.68 Å². The Bertz CT molecular complexity index is 886. The molecule has 0 bridgehead atoms. The standard InChI is InChI=1S/C22H25N5/c1-23-22(26-14-11-20(17-26)19-8-3-2-4-9-19)24-16-18-7-5-10-21(15-18)27-13-6-12-25-27/h2-10,12-13,15,20H,11,14,16-17H2,1H3,(H,23,24). The van der Waals surface area contributed by atoms with Gasteiger partial charge < -0.3 is 10.2 Å². The van der Waals surface area contributed by atoms with Crippen molar-refractivity contribution in [3.63, 3.8) is 0 Å². The summed E-state index contributed by atoms with van der Waals surface area (Å²) in [5, 5.41) is 7.82. The minimum absolute atomic E-state index is 0.577. The minimum Gasteiger partial charge on any atom is -0.352 e. The third kappa shape index (κ3) is 4.03. The van der Waals surface area contributed by atoms with Gasteiger partial charge in [0.15, 0.2) is 5.96 Å². The van der Waals surface area contributed by atoms with Crippen LogP contribution in [0.1, 0.15) is 23.5 Å². The molecule has 1 unspecified atom stereocenters. The number of rotatable bonds is 4. The van der Waals surface area contributed by atoms with Gasteiger partial charge in [-0.15, -0.1) is 0 Å². The fraction of sp³-hybridized carbons (Fsp3) is 0.273. The summed E-state index contributed by atoms with van der Waals surface area (Å²) >= 11 is 0. The van der Waals surface area contributed by atoms with Crippen molar-refractivity contribution in [3.05, 3.63) is 84.2 Å². The van der Waals surface area contributed by atoms with Crippen molar-refractivity contribution in [2.24, 2.45) is 4.99 Å². The van der Waals surface area contributed by atoms with Gasteiger partial charge in [0, 0.05) is 45.0 Å². The summed E-state index contributed by atoms with van der Waals surface area (Å²) in [5.74, 6) is 1.55. The second kappa shape index (κ2) is 8.08. The van der Waals surface area contributed by atoms with Gasteiger partial charge in [0.2, 0.25) is 0 Å². The van der Waals surface area contributed by atoms with Crippen molar-refractivity contribution in [2.45, 2.75) is 18.9 Å². The van der Waals surface area contributed by atoms with Gasteiger partial charge in [-0.2, -0.15) is 5.10 Å².